The lowest BCUT2D eigenvalue weighted by molar-refractivity contribution is 0.0953. The third kappa shape index (κ3) is 4.66. The molecule has 0 bridgehead atoms. The molecule has 0 unspecified atom stereocenters. The van der Waals surface area contributed by atoms with E-state index in [0.717, 1.165) is 9.13 Å². The van der Waals surface area contributed by atoms with Crippen molar-refractivity contribution in [3.63, 3.8) is 0 Å². The van der Waals surface area contributed by atoms with Crippen molar-refractivity contribution in [1.29, 1.82) is 0 Å². The number of ketones is 1. The first-order chi connectivity index (χ1) is 13.5. The van der Waals surface area contributed by atoms with E-state index in [1.54, 1.807) is 55.6 Å². The van der Waals surface area contributed by atoms with Crippen molar-refractivity contribution >= 4 is 40.5 Å². The molecular weight excluding hydrogens is 471 g/mol. The Labute approximate surface area is 175 Å². The molecule has 1 N–H and O–H groups in total. The molecule has 0 saturated carbocycles. The number of benzene rings is 2. The van der Waals surface area contributed by atoms with Gasteiger partial charge in [0.05, 0.1) is 16.9 Å². The topological polar surface area (TPSA) is 80.9 Å². The van der Waals surface area contributed by atoms with Crippen LogP contribution in [0.4, 0.5) is 0 Å². The molecule has 28 heavy (non-hydrogen) atoms. The molecule has 0 fully saturated rings. The Bertz CT molecular complexity index is 1060. The number of ether oxygens (including phenoxy) is 1. The zero-order valence-corrected chi connectivity index (χ0v) is 17.4. The molecule has 2 aromatic carbocycles. The Hall–Kier alpha value is -2.94. The fourth-order valence-electron chi connectivity index (χ4n) is 2.49. The van der Waals surface area contributed by atoms with E-state index in [2.05, 4.69) is 33.1 Å². The number of nitrogens with one attached hydrogen (secondary N) is 1. The lowest BCUT2D eigenvalue weighted by Gasteiger charge is -2.05. The average Bonchev–Trinajstić information content (AvgIpc) is 3.17. The predicted octanol–water partition coefficient (Wildman–Crippen LogP) is 4.53. The van der Waals surface area contributed by atoms with Gasteiger partial charge in [-0.2, -0.15) is 5.10 Å². The summed E-state index contributed by atoms with van der Waals surface area (Å²) in [6, 6.07) is 15.9. The van der Waals surface area contributed by atoms with Gasteiger partial charge in [-0.05, 0) is 65.9 Å². The molecule has 1 amide bonds. The van der Waals surface area contributed by atoms with E-state index >= 15 is 0 Å². The van der Waals surface area contributed by atoms with Gasteiger partial charge in [0.2, 0.25) is 0 Å². The van der Waals surface area contributed by atoms with Crippen molar-refractivity contribution < 1.29 is 18.7 Å². The molecule has 0 radical (unpaired) electrons. The van der Waals surface area contributed by atoms with Crippen molar-refractivity contribution in [2.24, 2.45) is 5.10 Å². The minimum atomic E-state index is -0.355. The van der Waals surface area contributed by atoms with Crippen molar-refractivity contribution in [3.05, 3.63) is 75.1 Å². The second-order valence-electron chi connectivity index (χ2n) is 5.89. The number of halogens is 1. The van der Waals surface area contributed by atoms with E-state index in [-0.39, 0.29) is 11.7 Å². The van der Waals surface area contributed by atoms with Gasteiger partial charge in [-0.15, -0.1) is 0 Å². The highest BCUT2D eigenvalue weighted by Crippen LogP contribution is 2.23. The van der Waals surface area contributed by atoms with E-state index in [0.29, 0.717) is 28.4 Å². The number of amides is 1. The molecule has 0 saturated heterocycles. The number of methoxy groups -OCH3 is 1. The molecule has 7 heteroatoms. The van der Waals surface area contributed by atoms with Crippen LogP contribution in [0.3, 0.4) is 0 Å². The number of hydrogen-bond donors (Lipinski definition) is 1. The zero-order chi connectivity index (χ0) is 20.1. The molecule has 0 atom stereocenters. The lowest BCUT2D eigenvalue weighted by Crippen LogP contribution is -2.17. The highest BCUT2D eigenvalue weighted by atomic mass is 127. The molecule has 6 nitrogen and oxygen atoms in total. The first-order valence-corrected chi connectivity index (χ1v) is 9.44. The number of carbonyl (C=O) groups excluding carboxylic acids is 2. The average molecular weight is 488 g/mol. The number of Topliss-reactive ketones (excluding diaryl/α,β-unsaturated/α-hetero) is 1. The van der Waals surface area contributed by atoms with Gasteiger partial charge in [-0.1, -0.05) is 18.2 Å². The van der Waals surface area contributed by atoms with Gasteiger partial charge in [-0.3, -0.25) is 9.59 Å². The summed E-state index contributed by atoms with van der Waals surface area (Å²) < 4.78 is 11.8. The third-order valence-electron chi connectivity index (χ3n) is 3.95. The second-order valence-corrected chi connectivity index (χ2v) is 7.05. The Morgan fingerprint density at radius 1 is 1.11 bits per heavy atom. The number of rotatable bonds is 6. The molecule has 0 aliphatic carbocycles. The van der Waals surface area contributed by atoms with E-state index in [9.17, 15) is 9.59 Å². The fourth-order valence-corrected chi connectivity index (χ4v) is 3.04. The normalized spacial score (nSPS) is 10.8. The Morgan fingerprint density at radius 3 is 2.68 bits per heavy atom. The SMILES string of the molecule is COc1cc(C(=O)N/N=C\c2ccc(-c3cccc(C(C)=O)c3)o2)ccc1I. The summed E-state index contributed by atoms with van der Waals surface area (Å²) in [4.78, 5) is 23.7. The maximum atomic E-state index is 12.2. The molecule has 1 aromatic heterocycles. The summed E-state index contributed by atoms with van der Waals surface area (Å²) in [6.07, 6.45) is 1.42. The predicted molar refractivity (Wildman–Crippen MR) is 115 cm³/mol. The maximum absolute atomic E-state index is 12.2. The monoisotopic (exact) mass is 488 g/mol. The molecule has 142 valence electrons. The fraction of sp³-hybridized carbons (Fsp3) is 0.0952. The zero-order valence-electron chi connectivity index (χ0n) is 15.2. The van der Waals surface area contributed by atoms with Crippen LogP contribution in [0.25, 0.3) is 11.3 Å². The van der Waals surface area contributed by atoms with E-state index in [1.165, 1.54) is 13.1 Å². The van der Waals surface area contributed by atoms with Crippen LogP contribution >= 0.6 is 22.6 Å². The number of furan rings is 1. The molecule has 3 aromatic rings. The van der Waals surface area contributed by atoms with Gasteiger partial charge < -0.3 is 9.15 Å². The molecule has 0 aliphatic rings. The van der Waals surface area contributed by atoms with Crippen molar-refractivity contribution in [2.75, 3.05) is 7.11 Å². The van der Waals surface area contributed by atoms with E-state index in [4.69, 9.17) is 9.15 Å². The van der Waals surface area contributed by atoms with Crippen molar-refractivity contribution in [1.82, 2.24) is 5.43 Å². The summed E-state index contributed by atoms with van der Waals surface area (Å²) in [6.45, 7) is 1.52. The second kappa shape index (κ2) is 8.83. The van der Waals surface area contributed by atoms with E-state index in [1.807, 2.05) is 6.07 Å². The van der Waals surface area contributed by atoms with Gasteiger partial charge in [0, 0.05) is 16.7 Å². The summed E-state index contributed by atoms with van der Waals surface area (Å²) in [5.41, 5.74) is 4.31. The van der Waals surface area contributed by atoms with Gasteiger partial charge >= 0.3 is 0 Å². The van der Waals surface area contributed by atoms with Crippen LogP contribution < -0.4 is 10.2 Å². The van der Waals surface area contributed by atoms with Crippen LogP contribution in [0.2, 0.25) is 0 Å². The summed E-state index contributed by atoms with van der Waals surface area (Å²) in [5, 5.41) is 3.93. The number of nitrogens with zero attached hydrogens (tertiary/aromatic N) is 1. The highest BCUT2D eigenvalue weighted by Gasteiger charge is 2.09. The Kier molecular flexibility index (Phi) is 6.25. The quantitative estimate of drug-likeness (QED) is 0.239. The Morgan fingerprint density at radius 2 is 1.93 bits per heavy atom. The van der Waals surface area contributed by atoms with Crippen LogP contribution in [0, 0.1) is 3.57 Å². The highest BCUT2D eigenvalue weighted by molar-refractivity contribution is 14.1. The van der Waals surface area contributed by atoms with Crippen LogP contribution in [0.5, 0.6) is 5.75 Å². The first kappa shape index (κ1) is 19.8. The maximum Gasteiger partial charge on any atom is 0.271 e. The summed E-state index contributed by atoms with van der Waals surface area (Å²) in [5.74, 6) is 1.35. The van der Waals surface area contributed by atoms with Crippen LogP contribution in [-0.4, -0.2) is 25.0 Å². The van der Waals surface area contributed by atoms with E-state index < -0.39 is 0 Å². The van der Waals surface area contributed by atoms with Gasteiger partial charge in [0.1, 0.15) is 17.3 Å². The number of carbonyl (C=O) groups is 2. The van der Waals surface area contributed by atoms with Gasteiger partial charge in [0.15, 0.2) is 5.78 Å². The molecule has 3 rings (SSSR count). The lowest BCUT2D eigenvalue weighted by atomic mass is 10.1. The summed E-state index contributed by atoms with van der Waals surface area (Å²) in [7, 11) is 1.55. The summed E-state index contributed by atoms with van der Waals surface area (Å²) >= 11 is 2.13. The Balaban J connectivity index is 1.68. The first-order valence-electron chi connectivity index (χ1n) is 8.36. The van der Waals surface area contributed by atoms with Crippen LogP contribution in [0.15, 0.2) is 64.1 Å². The largest absolute Gasteiger partial charge is 0.496 e. The standard InChI is InChI=1S/C21H17IN2O4/c1-13(25)14-4-3-5-15(10-14)19-9-7-17(28-19)12-23-24-21(26)16-6-8-18(22)20(11-16)27-2/h3-12H,1-2H3,(H,24,26)/b23-12-. The molecular formula is C21H17IN2O4. The number of hydrazone groups is 1. The van der Waals surface area contributed by atoms with Gasteiger partial charge in [0.25, 0.3) is 5.91 Å². The smallest absolute Gasteiger partial charge is 0.271 e. The molecule has 1 heterocycles. The van der Waals surface area contributed by atoms with Gasteiger partial charge in [-0.25, -0.2) is 5.43 Å². The minimum absolute atomic E-state index is 0.00913. The number of hydrogen-bond acceptors (Lipinski definition) is 5. The molecule has 0 spiro atoms. The van der Waals surface area contributed by atoms with Crippen LogP contribution in [-0.2, 0) is 0 Å². The van der Waals surface area contributed by atoms with Crippen molar-refractivity contribution in [3.8, 4) is 17.1 Å². The van der Waals surface area contributed by atoms with Crippen LogP contribution in [0.1, 0.15) is 33.4 Å². The third-order valence-corrected chi connectivity index (χ3v) is 4.84. The minimum Gasteiger partial charge on any atom is -0.496 e. The molecule has 0 aliphatic heterocycles. The van der Waals surface area contributed by atoms with Crippen molar-refractivity contribution in [2.45, 2.75) is 6.92 Å².